The Hall–Kier alpha value is -0.790. The second-order valence-corrected chi connectivity index (χ2v) is 2.53. The Morgan fingerprint density at radius 1 is 1.64 bits per heavy atom. The number of rotatable bonds is 6. The van der Waals surface area contributed by atoms with Crippen LogP contribution in [0.25, 0.3) is 0 Å². The molecular formula is C9H17NO. The number of amides is 1. The van der Waals surface area contributed by atoms with E-state index in [9.17, 15) is 4.79 Å². The molecule has 0 aliphatic carbocycles. The highest BCUT2D eigenvalue weighted by Crippen LogP contribution is 1.89. The van der Waals surface area contributed by atoms with Gasteiger partial charge in [-0.2, -0.15) is 0 Å². The SMILES string of the molecule is C=CCCCNC(=O)CCC. The molecule has 1 amide bonds. The van der Waals surface area contributed by atoms with E-state index in [1.54, 1.807) is 0 Å². The van der Waals surface area contributed by atoms with Crippen molar-refractivity contribution in [1.29, 1.82) is 0 Å². The first-order chi connectivity index (χ1) is 5.31. The van der Waals surface area contributed by atoms with Gasteiger partial charge in [0.25, 0.3) is 0 Å². The van der Waals surface area contributed by atoms with Gasteiger partial charge in [0.1, 0.15) is 0 Å². The summed E-state index contributed by atoms with van der Waals surface area (Å²) in [4.78, 5) is 10.9. The topological polar surface area (TPSA) is 29.1 Å². The average molecular weight is 155 g/mol. The number of allylic oxidation sites excluding steroid dienone is 1. The second kappa shape index (κ2) is 7.32. The van der Waals surface area contributed by atoms with Crippen LogP contribution in [-0.2, 0) is 4.79 Å². The van der Waals surface area contributed by atoms with Crippen LogP contribution in [0.2, 0.25) is 0 Å². The summed E-state index contributed by atoms with van der Waals surface area (Å²) in [6, 6.07) is 0. The lowest BCUT2D eigenvalue weighted by Crippen LogP contribution is -2.23. The number of hydrogen-bond acceptors (Lipinski definition) is 1. The maximum atomic E-state index is 10.9. The normalized spacial score (nSPS) is 9.18. The average Bonchev–Trinajstić information content (AvgIpc) is 1.99. The van der Waals surface area contributed by atoms with Gasteiger partial charge in [0.15, 0.2) is 0 Å². The van der Waals surface area contributed by atoms with Crippen molar-refractivity contribution in [2.24, 2.45) is 0 Å². The molecule has 0 fully saturated rings. The zero-order valence-electron chi connectivity index (χ0n) is 7.23. The van der Waals surface area contributed by atoms with Crippen LogP contribution < -0.4 is 5.32 Å². The Kier molecular flexibility index (Phi) is 6.79. The maximum Gasteiger partial charge on any atom is 0.219 e. The van der Waals surface area contributed by atoms with Gasteiger partial charge in [-0.3, -0.25) is 4.79 Å². The third kappa shape index (κ3) is 7.10. The minimum atomic E-state index is 0.163. The summed E-state index contributed by atoms with van der Waals surface area (Å²) in [7, 11) is 0. The number of carbonyl (C=O) groups excluding carboxylic acids is 1. The highest BCUT2D eigenvalue weighted by molar-refractivity contribution is 5.75. The van der Waals surface area contributed by atoms with Gasteiger partial charge in [-0.1, -0.05) is 13.0 Å². The predicted molar refractivity (Wildman–Crippen MR) is 47.3 cm³/mol. The van der Waals surface area contributed by atoms with Crippen molar-refractivity contribution < 1.29 is 4.79 Å². The zero-order valence-corrected chi connectivity index (χ0v) is 7.23. The number of nitrogens with one attached hydrogen (secondary N) is 1. The molecule has 0 atom stereocenters. The Morgan fingerprint density at radius 3 is 2.91 bits per heavy atom. The molecule has 0 radical (unpaired) electrons. The molecule has 2 nitrogen and oxygen atoms in total. The van der Waals surface area contributed by atoms with E-state index in [4.69, 9.17) is 0 Å². The van der Waals surface area contributed by atoms with Crippen LogP contribution in [0.5, 0.6) is 0 Å². The van der Waals surface area contributed by atoms with E-state index in [-0.39, 0.29) is 5.91 Å². The molecule has 0 saturated carbocycles. The highest BCUT2D eigenvalue weighted by atomic mass is 16.1. The van der Waals surface area contributed by atoms with Crippen molar-refractivity contribution in [2.75, 3.05) is 6.54 Å². The summed E-state index contributed by atoms with van der Waals surface area (Å²) < 4.78 is 0. The molecule has 0 unspecified atom stereocenters. The van der Waals surface area contributed by atoms with E-state index in [0.29, 0.717) is 6.42 Å². The number of carbonyl (C=O) groups is 1. The standard InChI is InChI=1S/C9H17NO/c1-3-5-6-8-10-9(11)7-4-2/h3H,1,4-8H2,2H3,(H,10,11). The van der Waals surface area contributed by atoms with Gasteiger partial charge in [0.05, 0.1) is 0 Å². The van der Waals surface area contributed by atoms with Crippen LogP contribution in [0.15, 0.2) is 12.7 Å². The van der Waals surface area contributed by atoms with E-state index >= 15 is 0 Å². The lowest BCUT2D eigenvalue weighted by molar-refractivity contribution is -0.121. The van der Waals surface area contributed by atoms with Crippen molar-refractivity contribution in [2.45, 2.75) is 32.6 Å². The Labute approximate surface area is 68.7 Å². The van der Waals surface area contributed by atoms with Crippen LogP contribution >= 0.6 is 0 Å². The Balaban J connectivity index is 3.10. The van der Waals surface area contributed by atoms with Crippen molar-refractivity contribution >= 4 is 5.91 Å². The fourth-order valence-electron chi connectivity index (χ4n) is 0.790. The predicted octanol–water partition coefficient (Wildman–Crippen LogP) is 1.87. The quantitative estimate of drug-likeness (QED) is 0.460. The van der Waals surface area contributed by atoms with E-state index in [2.05, 4.69) is 11.9 Å². The van der Waals surface area contributed by atoms with Gasteiger partial charge < -0.3 is 5.32 Å². The Bertz CT molecular complexity index is 121. The summed E-state index contributed by atoms with van der Waals surface area (Å²) in [5.41, 5.74) is 0. The first kappa shape index (κ1) is 10.2. The van der Waals surface area contributed by atoms with Crippen molar-refractivity contribution in [3.63, 3.8) is 0 Å². The minimum Gasteiger partial charge on any atom is -0.356 e. The highest BCUT2D eigenvalue weighted by Gasteiger charge is 1.95. The first-order valence-corrected chi connectivity index (χ1v) is 4.18. The third-order valence-corrected chi connectivity index (χ3v) is 1.38. The van der Waals surface area contributed by atoms with Gasteiger partial charge >= 0.3 is 0 Å². The summed E-state index contributed by atoms with van der Waals surface area (Å²) in [5.74, 6) is 0.163. The monoisotopic (exact) mass is 155 g/mol. The molecule has 0 aliphatic heterocycles. The summed E-state index contributed by atoms with van der Waals surface area (Å²) >= 11 is 0. The molecule has 0 aliphatic rings. The molecule has 0 heterocycles. The molecule has 64 valence electrons. The van der Waals surface area contributed by atoms with Gasteiger partial charge in [0.2, 0.25) is 5.91 Å². The van der Waals surface area contributed by atoms with E-state index in [1.807, 2.05) is 13.0 Å². The molecule has 0 bridgehead atoms. The molecule has 0 aromatic rings. The van der Waals surface area contributed by atoms with Crippen molar-refractivity contribution in [3.05, 3.63) is 12.7 Å². The van der Waals surface area contributed by atoms with Crippen molar-refractivity contribution in [1.82, 2.24) is 5.32 Å². The molecule has 0 aromatic heterocycles. The van der Waals surface area contributed by atoms with Gasteiger partial charge in [-0.15, -0.1) is 6.58 Å². The summed E-state index contributed by atoms with van der Waals surface area (Å²) in [6.45, 7) is 6.39. The van der Waals surface area contributed by atoms with Gasteiger partial charge in [-0.05, 0) is 19.3 Å². The summed E-state index contributed by atoms with van der Waals surface area (Å²) in [6.07, 6.45) is 5.42. The molecule has 1 N–H and O–H groups in total. The molecule has 2 heteroatoms. The smallest absolute Gasteiger partial charge is 0.219 e. The first-order valence-electron chi connectivity index (χ1n) is 4.18. The largest absolute Gasteiger partial charge is 0.356 e. The van der Waals surface area contributed by atoms with Crippen LogP contribution in [-0.4, -0.2) is 12.5 Å². The fraction of sp³-hybridized carbons (Fsp3) is 0.667. The van der Waals surface area contributed by atoms with E-state index < -0.39 is 0 Å². The van der Waals surface area contributed by atoms with E-state index in [0.717, 1.165) is 25.8 Å². The zero-order chi connectivity index (χ0) is 8.53. The fourth-order valence-corrected chi connectivity index (χ4v) is 0.790. The number of hydrogen-bond donors (Lipinski definition) is 1. The van der Waals surface area contributed by atoms with Crippen LogP contribution in [0, 0.1) is 0 Å². The molecule has 0 aromatic carbocycles. The maximum absolute atomic E-state index is 10.9. The molecule has 0 spiro atoms. The van der Waals surface area contributed by atoms with Gasteiger partial charge in [-0.25, -0.2) is 0 Å². The second-order valence-electron chi connectivity index (χ2n) is 2.53. The molecule has 0 saturated heterocycles. The lowest BCUT2D eigenvalue weighted by Gasteiger charge is -2.01. The lowest BCUT2D eigenvalue weighted by atomic mass is 10.3. The molecule has 0 rings (SSSR count). The Morgan fingerprint density at radius 2 is 2.36 bits per heavy atom. The third-order valence-electron chi connectivity index (χ3n) is 1.38. The van der Waals surface area contributed by atoms with Crippen molar-refractivity contribution in [3.8, 4) is 0 Å². The van der Waals surface area contributed by atoms with Crippen LogP contribution in [0.4, 0.5) is 0 Å². The summed E-state index contributed by atoms with van der Waals surface area (Å²) in [5, 5.41) is 2.83. The molecular weight excluding hydrogens is 138 g/mol. The minimum absolute atomic E-state index is 0.163. The van der Waals surface area contributed by atoms with Crippen LogP contribution in [0.3, 0.4) is 0 Å². The number of unbranched alkanes of at least 4 members (excludes halogenated alkanes) is 1. The molecule has 11 heavy (non-hydrogen) atoms. The van der Waals surface area contributed by atoms with Crippen LogP contribution in [0.1, 0.15) is 32.6 Å². The van der Waals surface area contributed by atoms with E-state index in [1.165, 1.54) is 0 Å². The van der Waals surface area contributed by atoms with Gasteiger partial charge in [0, 0.05) is 13.0 Å².